The average Bonchev–Trinajstić information content (AvgIpc) is 3.40. The van der Waals surface area contributed by atoms with Gasteiger partial charge in [0.1, 0.15) is 29.5 Å². The highest BCUT2D eigenvalue weighted by molar-refractivity contribution is 7.54. The lowest BCUT2D eigenvalue weighted by molar-refractivity contribution is -0.120. The van der Waals surface area contributed by atoms with E-state index in [9.17, 15) is 24.1 Å². The first kappa shape index (κ1) is 30.9. The monoisotopic (exact) mass is 612 g/mol. The third-order valence-corrected chi connectivity index (χ3v) is 9.24. The first-order valence-corrected chi connectivity index (χ1v) is 14.9. The van der Waals surface area contributed by atoms with E-state index in [4.69, 9.17) is 31.1 Å². The summed E-state index contributed by atoms with van der Waals surface area (Å²) in [6, 6.07) is 8.02. The molecular weight excluding hydrogens is 582 g/mol. The number of aliphatic hydroxyl groups excluding tert-OH is 1. The fraction of sp³-hybridized carbons (Fsp3) is 0.462. The number of aromatic amines is 1. The van der Waals surface area contributed by atoms with Crippen molar-refractivity contribution in [3.63, 3.8) is 0 Å². The molecule has 222 valence electrons. The summed E-state index contributed by atoms with van der Waals surface area (Å²) >= 11 is 6.10. The van der Waals surface area contributed by atoms with Crippen LogP contribution in [-0.2, 0) is 29.8 Å². The zero-order valence-electron chi connectivity index (χ0n) is 22.6. The molecule has 1 aliphatic heterocycles. The molecule has 3 aromatic rings. The Bertz CT molecular complexity index is 1560. The molecule has 4 rings (SSSR count). The molecule has 41 heavy (non-hydrogen) atoms. The van der Waals surface area contributed by atoms with E-state index in [0.29, 0.717) is 12.0 Å². The van der Waals surface area contributed by atoms with Crippen molar-refractivity contribution in [1.82, 2.24) is 14.5 Å². The summed E-state index contributed by atoms with van der Waals surface area (Å²) in [6.45, 7) is 3.72. The Hall–Kier alpha value is -3.09. The number of benzene rings is 1. The summed E-state index contributed by atoms with van der Waals surface area (Å²) in [5, 5.41) is 7.92. The maximum absolute atomic E-state index is 15.7. The SMILES string of the molecule is CC(=O)CCc1ccccc1OP(=O)(C[C@@H](C)C(C)=O)OC[C@H]1O[C@@H](n2ccc3c(=O)[nH]c(N)nc32)[C@@](F)(Cl)C1O. The topological polar surface area (TPSA) is 176 Å². The van der Waals surface area contributed by atoms with Crippen molar-refractivity contribution in [3.8, 4) is 5.75 Å². The van der Waals surface area contributed by atoms with Gasteiger partial charge in [0, 0.05) is 18.5 Å². The third-order valence-electron chi connectivity index (χ3n) is 6.82. The minimum atomic E-state index is -4.12. The van der Waals surface area contributed by atoms with E-state index in [2.05, 4.69) is 9.97 Å². The number of H-pyrrole nitrogens is 1. The number of aliphatic hydroxyl groups is 1. The number of halogens is 2. The van der Waals surface area contributed by atoms with Gasteiger partial charge < -0.3 is 29.5 Å². The van der Waals surface area contributed by atoms with Gasteiger partial charge in [-0.1, -0.05) is 36.7 Å². The summed E-state index contributed by atoms with van der Waals surface area (Å²) in [7, 11) is -4.12. The summed E-state index contributed by atoms with van der Waals surface area (Å²) in [5.41, 5.74) is 5.64. The Kier molecular flexibility index (Phi) is 9.05. The van der Waals surface area contributed by atoms with Crippen molar-refractivity contribution >= 4 is 47.7 Å². The van der Waals surface area contributed by atoms with Gasteiger partial charge in [-0.3, -0.25) is 19.1 Å². The number of hydrogen-bond donors (Lipinski definition) is 3. The smallest absolute Gasteiger partial charge is 0.380 e. The maximum atomic E-state index is 15.7. The molecule has 1 aliphatic rings. The van der Waals surface area contributed by atoms with E-state index in [0.717, 1.165) is 4.57 Å². The van der Waals surface area contributed by atoms with E-state index in [1.807, 2.05) is 0 Å². The zero-order chi connectivity index (χ0) is 30.1. The number of rotatable bonds is 12. The van der Waals surface area contributed by atoms with Gasteiger partial charge in [0.2, 0.25) is 5.95 Å². The van der Waals surface area contributed by atoms with Crippen LogP contribution in [0, 0.1) is 5.92 Å². The molecule has 12 nitrogen and oxygen atoms in total. The Balaban J connectivity index is 1.58. The lowest BCUT2D eigenvalue weighted by atomic mass is 10.1. The lowest BCUT2D eigenvalue weighted by Crippen LogP contribution is -2.38. The lowest BCUT2D eigenvalue weighted by Gasteiger charge is -2.25. The number of nitrogens with one attached hydrogen (secondary N) is 1. The molecule has 2 unspecified atom stereocenters. The number of alkyl halides is 2. The molecule has 2 aromatic heterocycles. The summed E-state index contributed by atoms with van der Waals surface area (Å²) in [6.07, 6.45) is -3.52. The molecule has 0 amide bonds. The standard InChI is InChI=1S/C26H31ClFN4O8P/c1-14(16(3)34)13-41(37,40-19-7-5-4-6-17(19)9-8-15(2)33)38-12-20-21(35)26(27,28)24(39-20)32-11-10-18-22(32)30-25(29)31-23(18)36/h4-7,10-11,14,20-21,24,35H,8-9,12-13H2,1-3H3,(H3,29,30,31,36)/t14-,20-,21?,24-,26-,41?/m1/s1. The highest BCUT2D eigenvalue weighted by atomic mass is 35.5. The molecule has 4 N–H and O–H groups in total. The van der Waals surface area contributed by atoms with E-state index in [1.165, 1.54) is 26.1 Å². The highest BCUT2D eigenvalue weighted by Gasteiger charge is 2.58. The number of carbonyl (C=O) groups excluding carboxylic acids is 2. The number of anilines is 1. The number of aryl methyl sites for hydroxylation is 1. The van der Waals surface area contributed by atoms with Crippen molar-refractivity contribution in [2.24, 2.45) is 5.92 Å². The number of hydrogen-bond acceptors (Lipinski definition) is 10. The first-order valence-electron chi connectivity index (χ1n) is 12.8. The van der Waals surface area contributed by atoms with Crippen molar-refractivity contribution in [1.29, 1.82) is 0 Å². The molecule has 3 heterocycles. The number of aromatic nitrogens is 3. The molecule has 0 radical (unpaired) electrons. The second kappa shape index (κ2) is 12.0. The van der Waals surface area contributed by atoms with E-state index < -0.39 is 49.2 Å². The number of nitrogen functional groups attached to an aromatic ring is 1. The number of fused-ring (bicyclic) bond motifs is 1. The van der Waals surface area contributed by atoms with E-state index in [1.54, 1.807) is 31.2 Å². The summed E-state index contributed by atoms with van der Waals surface area (Å²) in [4.78, 5) is 42.1. The van der Waals surface area contributed by atoms with Crippen LogP contribution in [0.5, 0.6) is 5.75 Å². The van der Waals surface area contributed by atoms with E-state index in [-0.39, 0.29) is 46.9 Å². The number of nitrogens with two attached hydrogens (primary N) is 1. The predicted molar refractivity (Wildman–Crippen MR) is 149 cm³/mol. The van der Waals surface area contributed by atoms with E-state index >= 15 is 4.39 Å². The number of nitrogens with zero attached hydrogens (tertiary/aromatic N) is 2. The number of Topliss-reactive ketones (excluding diaryl/α,β-unsaturated/α-hetero) is 2. The quantitative estimate of drug-likeness (QED) is 0.203. The molecule has 1 aromatic carbocycles. The molecular formula is C26H31ClFN4O8P. The summed E-state index contributed by atoms with van der Waals surface area (Å²) in [5.74, 6) is -1.05. The Morgan fingerprint density at radius 1 is 1.34 bits per heavy atom. The van der Waals surface area contributed by atoms with Gasteiger partial charge in [0.05, 0.1) is 18.2 Å². The minimum Gasteiger partial charge on any atom is -0.424 e. The first-order chi connectivity index (χ1) is 19.2. The fourth-order valence-corrected chi connectivity index (χ4v) is 6.69. The maximum Gasteiger partial charge on any atom is 0.380 e. The molecule has 0 aliphatic carbocycles. The number of ether oxygens (including phenoxy) is 1. The van der Waals surface area contributed by atoms with Crippen molar-refractivity contribution in [2.45, 2.75) is 57.2 Å². The molecule has 0 saturated carbocycles. The molecule has 0 spiro atoms. The van der Waals surface area contributed by atoms with Crippen molar-refractivity contribution in [3.05, 3.63) is 52.4 Å². The Morgan fingerprint density at radius 3 is 2.73 bits per heavy atom. The largest absolute Gasteiger partial charge is 0.424 e. The molecule has 6 atom stereocenters. The van der Waals surface area contributed by atoms with Gasteiger partial charge in [-0.25, -0.2) is 8.96 Å². The molecule has 1 saturated heterocycles. The van der Waals surface area contributed by atoms with Crippen LogP contribution in [0.4, 0.5) is 10.3 Å². The molecule has 0 bridgehead atoms. The van der Waals surface area contributed by atoms with Crippen LogP contribution in [0.2, 0.25) is 0 Å². The summed E-state index contributed by atoms with van der Waals surface area (Å²) < 4.78 is 48.0. The molecule has 1 fully saturated rings. The zero-order valence-corrected chi connectivity index (χ0v) is 24.2. The second-order valence-corrected chi connectivity index (χ2v) is 12.7. The average molecular weight is 613 g/mol. The van der Waals surface area contributed by atoms with Gasteiger partial charge in [0.15, 0.2) is 11.9 Å². The molecule has 15 heteroatoms. The normalized spacial score (nSPS) is 24.7. The predicted octanol–water partition coefficient (Wildman–Crippen LogP) is 3.51. The second-order valence-electron chi connectivity index (χ2n) is 10.1. The van der Waals surface area contributed by atoms with Crippen molar-refractivity contribution < 1.29 is 37.4 Å². The van der Waals surface area contributed by atoms with Crippen LogP contribution in [0.15, 0.2) is 41.3 Å². The van der Waals surface area contributed by atoms with Crippen LogP contribution in [0.1, 0.15) is 39.0 Å². The van der Waals surface area contributed by atoms with Crippen LogP contribution in [-0.4, -0.2) is 61.3 Å². The fourth-order valence-electron chi connectivity index (χ4n) is 4.38. The Morgan fingerprint density at radius 2 is 2.05 bits per heavy atom. The van der Waals surface area contributed by atoms with Gasteiger partial charge >= 0.3 is 7.60 Å². The van der Waals surface area contributed by atoms with Crippen LogP contribution in [0.25, 0.3) is 11.0 Å². The van der Waals surface area contributed by atoms with Crippen molar-refractivity contribution in [2.75, 3.05) is 18.5 Å². The number of ketones is 2. The van der Waals surface area contributed by atoms with Gasteiger partial charge in [0.25, 0.3) is 10.7 Å². The van der Waals surface area contributed by atoms with Gasteiger partial charge in [-0.05, 0) is 38.0 Å². The van der Waals surface area contributed by atoms with Crippen LogP contribution in [0.3, 0.4) is 0 Å². The number of carbonyl (C=O) groups is 2. The Labute approximate surface area is 239 Å². The number of para-hydroxylation sites is 1. The van der Waals surface area contributed by atoms with Gasteiger partial charge in [-0.2, -0.15) is 4.98 Å². The highest BCUT2D eigenvalue weighted by Crippen LogP contribution is 2.52. The van der Waals surface area contributed by atoms with Crippen LogP contribution < -0.4 is 15.8 Å². The minimum absolute atomic E-state index is 0.0286. The third kappa shape index (κ3) is 6.70. The van der Waals surface area contributed by atoms with Gasteiger partial charge in [-0.15, -0.1) is 0 Å². The van der Waals surface area contributed by atoms with Crippen LogP contribution >= 0.6 is 19.2 Å².